The summed E-state index contributed by atoms with van der Waals surface area (Å²) in [4.78, 5) is 11.0. The fourth-order valence-electron chi connectivity index (χ4n) is 3.55. The van der Waals surface area contributed by atoms with Gasteiger partial charge in [0.15, 0.2) is 0 Å². The minimum Gasteiger partial charge on any atom is -0.461 e. The summed E-state index contributed by atoms with van der Waals surface area (Å²) in [5.41, 5.74) is 2.37. The first-order chi connectivity index (χ1) is 14.3. The van der Waals surface area contributed by atoms with Gasteiger partial charge >= 0.3 is 6.18 Å². The number of amides is 1. The molecule has 1 heterocycles. The van der Waals surface area contributed by atoms with E-state index in [1.807, 2.05) is 12.1 Å². The number of hydrogen-bond donors (Lipinski definition) is 1. The lowest BCUT2D eigenvalue weighted by atomic mass is 10.0. The summed E-state index contributed by atoms with van der Waals surface area (Å²) < 4.78 is 43.8. The molecule has 1 amide bonds. The molecule has 0 spiro atoms. The molecule has 1 aromatic heterocycles. The van der Waals surface area contributed by atoms with Crippen LogP contribution >= 0.6 is 0 Å². The van der Waals surface area contributed by atoms with Crippen LogP contribution in [0.25, 0.3) is 11.0 Å². The van der Waals surface area contributed by atoms with Gasteiger partial charge in [-0.05, 0) is 67.5 Å². The van der Waals surface area contributed by atoms with E-state index in [4.69, 9.17) is 4.42 Å². The number of unbranched alkanes of at least 4 members (excludes halogenated alkanes) is 1. The van der Waals surface area contributed by atoms with E-state index < -0.39 is 11.7 Å². The average molecular weight is 417 g/mol. The van der Waals surface area contributed by atoms with Crippen LogP contribution < -0.4 is 5.32 Å². The van der Waals surface area contributed by atoms with Crippen LogP contribution in [0.1, 0.15) is 48.6 Å². The zero-order valence-electron chi connectivity index (χ0n) is 17.0. The van der Waals surface area contributed by atoms with E-state index in [-0.39, 0.29) is 5.91 Å². The van der Waals surface area contributed by atoms with Gasteiger partial charge in [-0.25, -0.2) is 0 Å². The Morgan fingerprint density at radius 3 is 2.40 bits per heavy atom. The standard InChI is InChI=1S/C24H26F3NO2/c1-17(29)28-15-5-8-19-7-4-10-23-22(19)16-21(30-23)9-3-2-6-18-11-13-20(14-12-18)24(25,26)27/h4,7,10-14,16H,2-3,5-6,8-9,15H2,1H3,(H,28,29). The number of aryl methyl sites for hydroxylation is 3. The molecule has 3 aromatic rings. The molecule has 6 heteroatoms. The topological polar surface area (TPSA) is 42.2 Å². The molecule has 0 fully saturated rings. The maximum absolute atomic E-state index is 12.6. The van der Waals surface area contributed by atoms with E-state index in [1.165, 1.54) is 12.5 Å². The summed E-state index contributed by atoms with van der Waals surface area (Å²) in [6.45, 7) is 2.17. The molecule has 30 heavy (non-hydrogen) atoms. The average Bonchev–Trinajstić information content (AvgIpc) is 3.12. The lowest BCUT2D eigenvalue weighted by Gasteiger charge is -2.07. The van der Waals surface area contributed by atoms with Crippen molar-refractivity contribution in [3.8, 4) is 0 Å². The van der Waals surface area contributed by atoms with Gasteiger partial charge in [0, 0.05) is 25.3 Å². The highest BCUT2D eigenvalue weighted by Crippen LogP contribution is 2.29. The van der Waals surface area contributed by atoms with Crippen LogP contribution in [-0.4, -0.2) is 12.5 Å². The molecule has 1 N–H and O–H groups in total. The Bertz CT molecular complexity index is 974. The van der Waals surface area contributed by atoms with Crippen molar-refractivity contribution in [1.29, 1.82) is 0 Å². The first-order valence-electron chi connectivity index (χ1n) is 10.2. The third-order valence-corrected chi connectivity index (χ3v) is 5.12. The number of alkyl halides is 3. The van der Waals surface area contributed by atoms with Gasteiger partial charge in [-0.15, -0.1) is 0 Å². The SMILES string of the molecule is CC(=O)NCCCc1cccc2oc(CCCCc3ccc(C(F)(F)F)cc3)cc12. The summed E-state index contributed by atoms with van der Waals surface area (Å²) in [6.07, 6.45) is 0.761. The van der Waals surface area contributed by atoms with Crippen molar-refractivity contribution in [1.82, 2.24) is 5.32 Å². The Morgan fingerprint density at radius 1 is 0.967 bits per heavy atom. The minimum atomic E-state index is -4.29. The summed E-state index contributed by atoms with van der Waals surface area (Å²) >= 11 is 0. The van der Waals surface area contributed by atoms with Crippen LogP contribution in [0.3, 0.4) is 0 Å². The van der Waals surface area contributed by atoms with Gasteiger partial charge in [-0.2, -0.15) is 13.2 Å². The van der Waals surface area contributed by atoms with Crippen LogP contribution in [0.5, 0.6) is 0 Å². The number of hydrogen-bond acceptors (Lipinski definition) is 2. The van der Waals surface area contributed by atoms with Crippen molar-refractivity contribution in [3.05, 3.63) is 71.0 Å². The summed E-state index contributed by atoms with van der Waals surface area (Å²) in [5.74, 6) is 0.904. The second kappa shape index (κ2) is 9.83. The quantitative estimate of drug-likeness (QED) is 0.428. The second-order valence-electron chi connectivity index (χ2n) is 7.53. The molecule has 3 rings (SSSR count). The molecule has 0 bridgehead atoms. The van der Waals surface area contributed by atoms with E-state index in [2.05, 4.69) is 17.4 Å². The van der Waals surface area contributed by atoms with Crippen LogP contribution in [0.4, 0.5) is 13.2 Å². The van der Waals surface area contributed by atoms with Crippen LogP contribution in [0, 0.1) is 0 Å². The Morgan fingerprint density at radius 2 is 1.70 bits per heavy atom. The number of benzene rings is 2. The van der Waals surface area contributed by atoms with E-state index >= 15 is 0 Å². The van der Waals surface area contributed by atoms with Crippen LogP contribution in [0.15, 0.2) is 52.9 Å². The van der Waals surface area contributed by atoms with E-state index in [9.17, 15) is 18.0 Å². The monoisotopic (exact) mass is 417 g/mol. The smallest absolute Gasteiger partial charge is 0.416 e. The van der Waals surface area contributed by atoms with Gasteiger partial charge in [0.25, 0.3) is 0 Å². The van der Waals surface area contributed by atoms with E-state index in [0.29, 0.717) is 6.54 Å². The molecule has 2 aromatic carbocycles. The Hall–Kier alpha value is -2.76. The van der Waals surface area contributed by atoms with Crippen LogP contribution in [-0.2, 0) is 30.2 Å². The maximum Gasteiger partial charge on any atom is 0.416 e. The highest BCUT2D eigenvalue weighted by atomic mass is 19.4. The summed E-state index contributed by atoms with van der Waals surface area (Å²) in [5, 5.41) is 3.92. The van der Waals surface area contributed by atoms with Crippen molar-refractivity contribution in [2.75, 3.05) is 6.54 Å². The molecular formula is C24H26F3NO2. The lowest BCUT2D eigenvalue weighted by Crippen LogP contribution is -2.21. The maximum atomic E-state index is 12.6. The minimum absolute atomic E-state index is 0.0184. The molecule has 0 aliphatic carbocycles. The van der Waals surface area contributed by atoms with Gasteiger partial charge in [0.05, 0.1) is 5.56 Å². The first kappa shape index (κ1) is 21.9. The number of furan rings is 1. The number of halogens is 3. The fraction of sp³-hybridized carbons (Fsp3) is 0.375. The van der Waals surface area contributed by atoms with Crippen molar-refractivity contribution >= 4 is 16.9 Å². The van der Waals surface area contributed by atoms with Crippen molar-refractivity contribution in [2.24, 2.45) is 0 Å². The van der Waals surface area contributed by atoms with Crippen molar-refractivity contribution < 1.29 is 22.4 Å². The predicted octanol–water partition coefficient (Wildman–Crippen LogP) is 6.09. The molecule has 0 atom stereocenters. The third-order valence-electron chi connectivity index (χ3n) is 5.12. The highest BCUT2D eigenvalue weighted by Gasteiger charge is 2.29. The third kappa shape index (κ3) is 6.12. The molecule has 0 unspecified atom stereocenters. The van der Waals surface area contributed by atoms with E-state index in [0.717, 1.165) is 73.0 Å². The van der Waals surface area contributed by atoms with Crippen LogP contribution in [0.2, 0.25) is 0 Å². The largest absolute Gasteiger partial charge is 0.461 e. The van der Waals surface area contributed by atoms with Gasteiger partial charge in [0.2, 0.25) is 5.91 Å². The Balaban J connectivity index is 1.50. The highest BCUT2D eigenvalue weighted by molar-refractivity contribution is 5.81. The van der Waals surface area contributed by atoms with Crippen molar-refractivity contribution in [3.63, 3.8) is 0 Å². The molecule has 0 saturated heterocycles. The van der Waals surface area contributed by atoms with Gasteiger partial charge in [-0.1, -0.05) is 24.3 Å². The summed E-state index contributed by atoms with van der Waals surface area (Å²) in [7, 11) is 0. The molecular weight excluding hydrogens is 391 g/mol. The number of carbonyl (C=O) groups excluding carboxylic acids is 1. The zero-order chi connectivity index (χ0) is 21.6. The number of rotatable bonds is 9. The number of fused-ring (bicyclic) bond motifs is 1. The normalized spacial score (nSPS) is 11.7. The lowest BCUT2D eigenvalue weighted by molar-refractivity contribution is -0.137. The molecule has 160 valence electrons. The Labute approximate surface area is 174 Å². The summed E-state index contributed by atoms with van der Waals surface area (Å²) in [6, 6.07) is 13.5. The zero-order valence-corrected chi connectivity index (χ0v) is 17.0. The van der Waals surface area contributed by atoms with Gasteiger partial charge < -0.3 is 9.73 Å². The number of nitrogens with one attached hydrogen (secondary N) is 1. The molecule has 0 aliphatic heterocycles. The predicted molar refractivity (Wildman–Crippen MR) is 111 cm³/mol. The first-order valence-corrected chi connectivity index (χ1v) is 10.2. The second-order valence-corrected chi connectivity index (χ2v) is 7.53. The van der Waals surface area contributed by atoms with Crippen molar-refractivity contribution in [2.45, 2.75) is 51.6 Å². The molecule has 0 aliphatic rings. The molecule has 0 saturated carbocycles. The number of carbonyl (C=O) groups is 1. The Kier molecular flexibility index (Phi) is 7.19. The molecule has 3 nitrogen and oxygen atoms in total. The molecule has 0 radical (unpaired) electrons. The van der Waals surface area contributed by atoms with Gasteiger partial charge in [-0.3, -0.25) is 4.79 Å². The fourth-order valence-corrected chi connectivity index (χ4v) is 3.55. The van der Waals surface area contributed by atoms with Gasteiger partial charge in [0.1, 0.15) is 11.3 Å². The van der Waals surface area contributed by atoms with E-state index in [1.54, 1.807) is 12.1 Å².